The summed E-state index contributed by atoms with van der Waals surface area (Å²) in [5.74, 6) is -0.0961. The van der Waals surface area contributed by atoms with E-state index >= 15 is 0 Å². The van der Waals surface area contributed by atoms with Gasteiger partial charge in [-0.05, 0) is 18.6 Å². The summed E-state index contributed by atoms with van der Waals surface area (Å²) >= 11 is 0. The quantitative estimate of drug-likeness (QED) is 0.715. The van der Waals surface area contributed by atoms with Crippen molar-refractivity contribution in [3.8, 4) is 0 Å². The molecule has 0 saturated heterocycles. The maximum Gasteiger partial charge on any atom is 0.252 e. The summed E-state index contributed by atoms with van der Waals surface area (Å²) in [5, 5.41) is 2.53. The third-order valence-electron chi connectivity index (χ3n) is 1.36. The molecule has 0 unspecified atom stereocenters. The van der Waals surface area contributed by atoms with Crippen LogP contribution in [0.4, 0.5) is 0 Å². The van der Waals surface area contributed by atoms with Crippen LogP contribution in [0.2, 0.25) is 0 Å². The second kappa shape index (κ2) is 6.17. The van der Waals surface area contributed by atoms with Gasteiger partial charge in [-0.2, -0.15) is 0 Å². The summed E-state index contributed by atoms with van der Waals surface area (Å²) in [6.45, 7) is 5.90. The average Bonchev–Trinajstić information content (AvgIpc) is 2.20. The molecule has 3 heteroatoms. The van der Waals surface area contributed by atoms with Gasteiger partial charge in [-0.3, -0.25) is 9.78 Å². The van der Waals surface area contributed by atoms with E-state index in [-0.39, 0.29) is 5.91 Å². The van der Waals surface area contributed by atoms with Gasteiger partial charge in [0, 0.05) is 19.4 Å². The van der Waals surface area contributed by atoms with Crippen molar-refractivity contribution in [3.63, 3.8) is 0 Å². The summed E-state index contributed by atoms with van der Waals surface area (Å²) in [6, 6.07) is 1.80. The van der Waals surface area contributed by atoms with E-state index < -0.39 is 0 Å². The zero-order valence-corrected chi connectivity index (χ0v) is 8.59. The van der Waals surface area contributed by atoms with Gasteiger partial charge in [-0.25, -0.2) is 0 Å². The number of hydrogen-bond donors (Lipinski definition) is 1. The number of nitrogens with one attached hydrogen (secondary N) is 1. The van der Waals surface area contributed by atoms with Crippen LogP contribution in [-0.4, -0.2) is 17.9 Å². The Morgan fingerprint density at radius 3 is 2.46 bits per heavy atom. The highest BCUT2D eigenvalue weighted by Gasteiger charge is 2.01. The van der Waals surface area contributed by atoms with E-state index in [1.165, 1.54) is 0 Å². The Hall–Kier alpha value is -1.38. The number of carbonyl (C=O) groups is 1. The minimum atomic E-state index is -0.0961. The van der Waals surface area contributed by atoms with Gasteiger partial charge in [0.2, 0.25) is 0 Å². The largest absolute Gasteiger partial charge is 0.355 e. The lowest BCUT2D eigenvalue weighted by Crippen LogP contribution is -2.17. The fourth-order valence-corrected chi connectivity index (χ4v) is 0.823. The first kappa shape index (κ1) is 11.6. The number of aromatic nitrogens is 1. The highest BCUT2D eigenvalue weighted by molar-refractivity contribution is 5.93. The molecule has 0 fully saturated rings. The monoisotopic (exact) mass is 180 g/mol. The fourth-order valence-electron chi connectivity index (χ4n) is 0.823. The van der Waals surface area contributed by atoms with Crippen molar-refractivity contribution in [3.05, 3.63) is 29.6 Å². The Labute approximate surface area is 79.2 Å². The van der Waals surface area contributed by atoms with Crippen LogP contribution in [0.3, 0.4) is 0 Å². The first-order chi connectivity index (χ1) is 6.24. The van der Waals surface area contributed by atoms with E-state index in [0.717, 1.165) is 5.56 Å². The number of aryl methyl sites for hydroxylation is 1. The average molecular weight is 180 g/mol. The van der Waals surface area contributed by atoms with E-state index in [0.29, 0.717) is 5.56 Å². The summed E-state index contributed by atoms with van der Waals surface area (Å²) < 4.78 is 0. The van der Waals surface area contributed by atoms with Gasteiger partial charge in [-0.15, -0.1) is 0 Å². The molecule has 0 bridgehead atoms. The molecule has 0 aromatic carbocycles. The maximum absolute atomic E-state index is 11.0. The van der Waals surface area contributed by atoms with E-state index in [1.807, 2.05) is 20.8 Å². The Kier molecular flexibility index (Phi) is 5.52. The SMILES string of the molecule is CC.CNC(=O)c1cncc(C)c1. The second-order valence-corrected chi connectivity index (χ2v) is 2.33. The van der Waals surface area contributed by atoms with Gasteiger partial charge < -0.3 is 5.32 Å². The number of nitrogens with zero attached hydrogens (tertiary/aromatic N) is 1. The number of pyridine rings is 1. The standard InChI is InChI=1S/C8H10N2O.C2H6/c1-6-3-7(5-10-4-6)8(11)9-2;1-2/h3-5H,1-2H3,(H,9,11);1-2H3. The zero-order chi connectivity index (χ0) is 10.3. The van der Waals surface area contributed by atoms with Crippen LogP contribution in [-0.2, 0) is 0 Å². The third kappa shape index (κ3) is 3.69. The minimum Gasteiger partial charge on any atom is -0.355 e. The predicted octanol–water partition coefficient (Wildman–Crippen LogP) is 1.78. The van der Waals surface area contributed by atoms with E-state index in [4.69, 9.17) is 0 Å². The molecule has 1 N–H and O–H groups in total. The van der Waals surface area contributed by atoms with Crippen LogP contribution in [0.25, 0.3) is 0 Å². The van der Waals surface area contributed by atoms with Crippen LogP contribution >= 0.6 is 0 Å². The molecule has 1 aromatic rings. The lowest BCUT2D eigenvalue weighted by Gasteiger charge is -1.98. The summed E-state index contributed by atoms with van der Waals surface area (Å²) in [7, 11) is 1.60. The van der Waals surface area contributed by atoms with Crippen molar-refractivity contribution in [1.29, 1.82) is 0 Å². The molecule has 0 aliphatic heterocycles. The van der Waals surface area contributed by atoms with Crippen LogP contribution in [0.5, 0.6) is 0 Å². The molecular formula is C10H16N2O. The highest BCUT2D eigenvalue weighted by Crippen LogP contribution is 1.99. The van der Waals surface area contributed by atoms with Crippen LogP contribution in [0.15, 0.2) is 18.5 Å². The number of hydrogen-bond acceptors (Lipinski definition) is 2. The first-order valence-corrected chi connectivity index (χ1v) is 4.38. The molecule has 3 nitrogen and oxygen atoms in total. The van der Waals surface area contributed by atoms with Gasteiger partial charge in [0.1, 0.15) is 0 Å². The molecular weight excluding hydrogens is 164 g/mol. The molecule has 13 heavy (non-hydrogen) atoms. The predicted molar refractivity (Wildman–Crippen MR) is 53.7 cm³/mol. The van der Waals surface area contributed by atoms with Crippen molar-refractivity contribution >= 4 is 5.91 Å². The molecule has 72 valence electrons. The van der Waals surface area contributed by atoms with E-state index in [9.17, 15) is 4.79 Å². The molecule has 1 rings (SSSR count). The van der Waals surface area contributed by atoms with E-state index in [2.05, 4.69) is 10.3 Å². The molecule has 0 aliphatic rings. The van der Waals surface area contributed by atoms with Gasteiger partial charge in [-0.1, -0.05) is 13.8 Å². The van der Waals surface area contributed by atoms with Crippen molar-refractivity contribution in [1.82, 2.24) is 10.3 Å². The molecule has 1 amide bonds. The highest BCUT2D eigenvalue weighted by atomic mass is 16.1. The molecule has 0 saturated carbocycles. The first-order valence-electron chi connectivity index (χ1n) is 4.38. The molecule has 0 spiro atoms. The number of amides is 1. The van der Waals surface area contributed by atoms with Gasteiger partial charge in [0.05, 0.1) is 5.56 Å². The maximum atomic E-state index is 11.0. The van der Waals surface area contributed by atoms with Crippen molar-refractivity contribution in [2.24, 2.45) is 0 Å². The Morgan fingerprint density at radius 1 is 1.38 bits per heavy atom. The van der Waals surface area contributed by atoms with Crippen molar-refractivity contribution in [2.45, 2.75) is 20.8 Å². The Morgan fingerprint density at radius 2 is 2.00 bits per heavy atom. The normalized spacial score (nSPS) is 8.31. The molecule has 0 aliphatic carbocycles. The molecule has 0 radical (unpaired) electrons. The molecule has 1 heterocycles. The summed E-state index contributed by atoms with van der Waals surface area (Å²) in [5.41, 5.74) is 1.60. The van der Waals surface area contributed by atoms with Gasteiger partial charge in [0.15, 0.2) is 0 Å². The second-order valence-electron chi connectivity index (χ2n) is 2.33. The van der Waals surface area contributed by atoms with Crippen molar-refractivity contribution < 1.29 is 4.79 Å². The van der Waals surface area contributed by atoms with Crippen molar-refractivity contribution in [2.75, 3.05) is 7.05 Å². The van der Waals surface area contributed by atoms with Crippen LogP contribution < -0.4 is 5.32 Å². The van der Waals surface area contributed by atoms with E-state index in [1.54, 1.807) is 25.5 Å². The third-order valence-corrected chi connectivity index (χ3v) is 1.36. The number of carbonyl (C=O) groups excluding carboxylic acids is 1. The molecule has 1 aromatic heterocycles. The topological polar surface area (TPSA) is 42.0 Å². The zero-order valence-electron chi connectivity index (χ0n) is 8.59. The summed E-state index contributed by atoms with van der Waals surface area (Å²) in [6.07, 6.45) is 3.26. The number of rotatable bonds is 1. The van der Waals surface area contributed by atoms with Gasteiger partial charge in [0.25, 0.3) is 5.91 Å². The lowest BCUT2D eigenvalue weighted by molar-refractivity contribution is 0.0962. The Balaban J connectivity index is 0.000000671. The van der Waals surface area contributed by atoms with Crippen LogP contribution in [0, 0.1) is 6.92 Å². The smallest absolute Gasteiger partial charge is 0.252 e. The Bertz CT molecular complexity index is 271. The van der Waals surface area contributed by atoms with Gasteiger partial charge >= 0.3 is 0 Å². The molecule has 0 atom stereocenters. The minimum absolute atomic E-state index is 0.0961. The van der Waals surface area contributed by atoms with Crippen LogP contribution in [0.1, 0.15) is 29.8 Å². The fraction of sp³-hybridized carbons (Fsp3) is 0.400. The lowest BCUT2D eigenvalue weighted by atomic mass is 10.2. The summed E-state index contributed by atoms with van der Waals surface area (Å²) in [4.78, 5) is 14.9.